The van der Waals surface area contributed by atoms with Crippen LogP contribution in [-0.2, 0) is 6.54 Å². The Morgan fingerprint density at radius 1 is 1.62 bits per heavy atom. The number of thiocarbonyl (C=S) groups is 1. The highest BCUT2D eigenvalue weighted by atomic mass is 32.1. The Labute approximate surface area is 107 Å². The molecule has 2 N–H and O–H groups in total. The first kappa shape index (κ1) is 13.5. The smallest absolute Gasteiger partial charge is 0.0897 e. The second-order valence-electron chi connectivity index (χ2n) is 4.14. The first-order valence-corrected chi connectivity index (χ1v) is 6.71. The van der Waals surface area contributed by atoms with Crippen LogP contribution in [0.15, 0.2) is 5.38 Å². The van der Waals surface area contributed by atoms with E-state index < -0.39 is 0 Å². The van der Waals surface area contributed by atoms with Crippen LogP contribution in [0, 0.1) is 6.92 Å². The summed E-state index contributed by atoms with van der Waals surface area (Å²) >= 11 is 6.60. The molecule has 1 rings (SSSR count). The van der Waals surface area contributed by atoms with Gasteiger partial charge in [0.15, 0.2) is 0 Å². The van der Waals surface area contributed by atoms with Crippen molar-refractivity contribution in [2.75, 3.05) is 6.54 Å². The third-order valence-electron chi connectivity index (χ3n) is 2.41. The van der Waals surface area contributed by atoms with Gasteiger partial charge in [0.05, 0.1) is 15.7 Å². The summed E-state index contributed by atoms with van der Waals surface area (Å²) in [4.78, 5) is 7.40. The highest BCUT2D eigenvalue weighted by Gasteiger charge is 2.11. The average Bonchev–Trinajstić information content (AvgIpc) is 2.57. The zero-order valence-corrected chi connectivity index (χ0v) is 11.7. The van der Waals surface area contributed by atoms with Gasteiger partial charge >= 0.3 is 0 Å². The van der Waals surface area contributed by atoms with E-state index in [4.69, 9.17) is 18.0 Å². The van der Waals surface area contributed by atoms with Crippen LogP contribution in [0.2, 0.25) is 0 Å². The van der Waals surface area contributed by atoms with Crippen molar-refractivity contribution in [3.63, 3.8) is 0 Å². The molecule has 0 aliphatic rings. The van der Waals surface area contributed by atoms with Gasteiger partial charge < -0.3 is 5.73 Å². The lowest BCUT2D eigenvalue weighted by atomic mass is 10.2. The van der Waals surface area contributed by atoms with E-state index in [9.17, 15) is 0 Å². The van der Waals surface area contributed by atoms with Crippen molar-refractivity contribution in [2.45, 2.75) is 39.8 Å². The number of hydrogen-bond donors (Lipinski definition) is 1. The van der Waals surface area contributed by atoms with Crippen LogP contribution < -0.4 is 5.73 Å². The molecule has 0 aliphatic heterocycles. The lowest BCUT2D eigenvalue weighted by Gasteiger charge is -2.25. The van der Waals surface area contributed by atoms with Gasteiger partial charge in [-0.15, -0.1) is 11.3 Å². The van der Waals surface area contributed by atoms with Gasteiger partial charge in [-0.25, -0.2) is 4.98 Å². The molecule has 0 fully saturated rings. The third kappa shape index (κ3) is 4.55. The van der Waals surface area contributed by atoms with Gasteiger partial charge in [0.25, 0.3) is 0 Å². The van der Waals surface area contributed by atoms with Gasteiger partial charge in [0, 0.05) is 30.9 Å². The number of aryl methyl sites for hydroxylation is 1. The average molecular weight is 257 g/mol. The molecule has 0 radical (unpaired) electrons. The van der Waals surface area contributed by atoms with Gasteiger partial charge in [0.1, 0.15) is 0 Å². The molecule has 16 heavy (non-hydrogen) atoms. The molecule has 0 saturated carbocycles. The summed E-state index contributed by atoms with van der Waals surface area (Å²) in [5.74, 6) is 0. The minimum absolute atomic E-state index is 0.483. The maximum atomic E-state index is 5.53. The van der Waals surface area contributed by atoms with Crippen molar-refractivity contribution in [3.05, 3.63) is 16.1 Å². The fraction of sp³-hybridized carbons (Fsp3) is 0.636. The van der Waals surface area contributed by atoms with Gasteiger partial charge in [-0.05, 0) is 20.8 Å². The van der Waals surface area contributed by atoms with E-state index in [1.165, 1.54) is 0 Å². The van der Waals surface area contributed by atoms with Crippen LogP contribution in [0.4, 0.5) is 0 Å². The van der Waals surface area contributed by atoms with Gasteiger partial charge in [-0.3, -0.25) is 4.90 Å². The first-order valence-electron chi connectivity index (χ1n) is 5.42. The predicted molar refractivity (Wildman–Crippen MR) is 73.8 cm³/mol. The van der Waals surface area contributed by atoms with Crippen molar-refractivity contribution < 1.29 is 0 Å². The number of thiazole rings is 1. The molecule has 90 valence electrons. The quantitative estimate of drug-likeness (QED) is 0.794. The molecule has 0 bridgehead atoms. The predicted octanol–water partition coefficient (Wildman–Crippen LogP) is 2.34. The van der Waals surface area contributed by atoms with E-state index in [0.717, 1.165) is 30.2 Å². The molecule has 1 aromatic rings. The Bertz CT molecular complexity index is 347. The Kier molecular flexibility index (Phi) is 5.31. The molecular weight excluding hydrogens is 238 g/mol. The molecule has 1 heterocycles. The highest BCUT2D eigenvalue weighted by molar-refractivity contribution is 7.80. The molecular formula is C11H19N3S2. The molecule has 1 aromatic heterocycles. The van der Waals surface area contributed by atoms with Crippen LogP contribution in [0.3, 0.4) is 0 Å². The van der Waals surface area contributed by atoms with E-state index in [2.05, 4.69) is 29.1 Å². The van der Waals surface area contributed by atoms with Crippen molar-refractivity contribution in [1.82, 2.24) is 9.88 Å². The van der Waals surface area contributed by atoms with Crippen LogP contribution in [-0.4, -0.2) is 27.5 Å². The van der Waals surface area contributed by atoms with E-state index >= 15 is 0 Å². The van der Waals surface area contributed by atoms with Crippen LogP contribution >= 0.6 is 23.6 Å². The summed E-state index contributed by atoms with van der Waals surface area (Å²) in [5, 5.41) is 3.24. The second kappa shape index (κ2) is 6.27. The highest BCUT2D eigenvalue weighted by Crippen LogP contribution is 2.12. The lowest BCUT2D eigenvalue weighted by Crippen LogP contribution is -2.33. The summed E-state index contributed by atoms with van der Waals surface area (Å²) in [6.07, 6.45) is 0.774. The van der Waals surface area contributed by atoms with E-state index in [-0.39, 0.29) is 0 Å². The number of nitrogens with two attached hydrogens (primary N) is 1. The van der Waals surface area contributed by atoms with Crippen molar-refractivity contribution in [2.24, 2.45) is 5.73 Å². The van der Waals surface area contributed by atoms with Crippen LogP contribution in [0.25, 0.3) is 0 Å². The zero-order chi connectivity index (χ0) is 12.1. The summed E-state index contributed by atoms with van der Waals surface area (Å²) in [6, 6.07) is 0.483. The fourth-order valence-electron chi connectivity index (χ4n) is 1.46. The third-order valence-corrected chi connectivity index (χ3v) is 3.43. The fourth-order valence-corrected chi connectivity index (χ4v) is 2.16. The minimum atomic E-state index is 0.483. The number of nitrogens with zero attached hydrogens (tertiary/aromatic N) is 2. The Balaban J connectivity index is 2.54. The standard InChI is InChI=1S/C11H19N3S2/c1-8(2)14(5-4-11(12)15)6-10-7-16-9(3)13-10/h7-8H,4-6H2,1-3H3,(H2,12,15). The largest absolute Gasteiger partial charge is 0.393 e. The summed E-state index contributed by atoms with van der Waals surface area (Å²) in [5.41, 5.74) is 6.67. The Hall–Kier alpha value is -0.520. The molecule has 0 atom stereocenters. The first-order chi connectivity index (χ1) is 7.49. The molecule has 5 heteroatoms. The van der Waals surface area contributed by atoms with Crippen LogP contribution in [0.1, 0.15) is 31.0 Å². The number of hydrogen-bond acceptors (Lipinski definition) is 4. The van der Waals surface area contributed by atoms with Gasteiger partial charge in [-0.1, -0.05) is 12.2 Å². The maximum Gasteiger partial charge on any atom is 0.0897 e. The minimum Gasteiger partial charge on any atom is -0.393 e. The number of rotatable bonds is 6. The molecule has 0 saturated heterocycles. The molecule has 3 nitrogen and oxygen atoms in total. The Morgan fingerprint density at radius 3 is 2.75 bits per heavy atom. The van der Waals surface area contributed by atoms with Gasteiger partial charge in [0.2, 0.25) is 0 Å². The summed E-state index contributed by atoms with van der Waals surface area (Å²) in [7, 11) is 0. The Morgan fingerprint density at radius 2 is 2.31 bits per heavy atom. The van der Waals surface area contributed by atoms with E-state index in [1.54, 1.807) is 11.3 Å². The number of aromatic nitrogens is 1. The molecule has 0 spiro atoms. The lowest BCUT2D eigenvalue weighted by molar-refractivity contribution is 0.217. The van der Waals surface area contributed by atoms with E-state index in [1.807, 2.05) is 6.92 Å². The SMILES string of the molecule is Cc1nc(CN(CCC(N)=S)C(C)C)cs1. The maximum absolute atomic E-state index is 5.53. The summed E-state index contributed by atoms with van der Waals surface area (Å²) in [6.45, 7) is 8.18. The van der Waals surface area contributed by atoms with Crippen molar-refractivity contribution in [1.29, 1.82) is 0 Å². The molecule has 0 aromatic carbocycles. The second-order valence-corrected chi connectivity index (χ2v) is 5.73. The van der Waals surface area contributed by atoms with Crippen LogP contribution in [0.5, 0.6) is 0 Å². The monoisotopic (exact) mass is 257 g/mol. The molecule has 0 unspecified atom stereocenters. The zero-order valence-electron chi connectivity index (χ0n) is 10.1. The summed E-state index contributed by atoms with van der Waals surface area (Å²) < 4.78 is 0. The molecule has 0 aliphatic carbocycles. The molecule has 0 amide bonds. The van der Waals surface area contributed by atoms with Crippen molar-refractivity contribution >= 4 is 28.5 Å². The van der Waals surface area contributed by atoms with Crippen molar-refractivity contribution in [3.8, 4) is 0 Å². The topological polar surface area (TPSA) is 42.2 Å². The normalized spacial score (nSPS) is 11.3. The van der Waals surface area contributed by atoms with Gasteiger partial charge in [-0.2, -0.15) is 0 Å². The van der Waals surface area contributed by atoms with E-state index in [0.29, 0.717) is 11.0 Å².